The Hall–Kier alpha value is -3.36. The van der Waals surface area contributed by atoms with Crippen molar-refractivity contribution in [3.05, 3.63) is 58.4 Å². The van der Waals surface area contributed by atoms with Crippen molar-refractivity contribution >= 4 is 17.5 Å². The van der Waals surface area contributed by atoms with E-state index in [0.717, 1.165) is 31.2 Å². The van der Waals surface area contributed by atoms with E-state index in [1.165, 1.54) is 6.07 Å². The van der Waals surface area contributed by atoms with Gasteiger partial charge in [-0.25, -0.2) is 14.4 Å². The molecule has 0 saturated heterocycles. The Bertz CT molecular complexity index is 1110. The van der Waals surface area contributed by atoms with Crippen LogP contribution in [-0.4, -0.2) is 39.6 Å². The van der Waals surface area contributed by atoms with E-state index in [0.29, 0.717) is 35.1 Å². The molecule has 2 aromatic rings. The molecule has 1 aliphatic carbocycles. The van der Waals surface area contributed by atoms with Gasteiger partial charge in [0, 0.05) is 25.9 Å². The van der Waals surface area contributed by atoms with Gasteiger partial charge >= 0.3 is 0 Å². The first-order chi connectivity index (χ1) is 16.3. The van der Waals surface area contributed by atoms with Crippen LogP contribution >= 0.6 is 0 Å². The fraction of sp³-hybridized carbons (Fsp3) is 0.480. The zero-order valence-corrected chi connectivity index (χ0v) is 19.7. The van der Waals surface area contributed by atoms with Gasteiger partial charge in [0.2, 0.25) is 5.91 Å². The number of hydrogen-bond donors (Lipinski definition) is 2. The highest BCUT2D eigenvalue weighted by atomic mass is 19.1. The van der Waals surface area contributed by atoms with Crippen LogP contribution in [-0.2, 0) is 16.2 Å². The molecule has 34 heavy (non-hydrogen) atoms. The lowest BCUT2D eigenvalue weighted by atomic mass is 9.81. The van der Waals surface area contributed by atoms with Gasteiger partial charge in [0.1, 0.15) is 29.2 Å². The van der Waals surface area contributed by atoms with Gasteiger partial charge in [-0.05, 0) is 68.7 Å². The van der Waals surface area contributed by atoms with Gasteiger partial charge in [-0.3, -0.25) is 9.59 Å². The number of oxime groups is 1. The normalized spacial score (nSPS) is 22.0. The predicted molar refractivity (Wildman–Crippen MR) is 125 cm³/mol. The molecule has 0 bridgehead atoms. The van der Waals surface area contributed by atoms with Crippen LogP contribution in [0.5, 0.6) is 0 Å². The van der Waals surface area contributed by atoms with Crippen LogP contribution in [0.25, 0.3) is 0 Å². The smallest absolute Gasteiger partial charge is 0.270 e. The van der Waals surface area contributed by atoms with Gasteiger partial charge in [-0.1, -0.05) is 17.3 Å². The Morgan fingerprint density at radius 1 is 1.12 bits per heavy atom. The first kappa shape index (κ1) is 23.8. The number of benzene rings is 1. The summed E-state index contributed by atoms with van der Waals surface area (Å²) in [7, 11) is 0. The third kappa shape index (κ3) is 5.76. The number of nitrogens with one attached hydrogen (secondary N) is 2. The minimum Gasteiger partial charge on any atom is -0.391 e. The number of amides is 2. The summed E-state index contributed by atoms with van der Waals surface area (Å²) in [6.07, 6.45) is 4.41. The van der Waals surface area contributed by atoms with Crippen molar-refractivity contribution in [1.82, 2.24) is 20.6 Å². The molecule has 1 saturated carbocycles. The molecular formula is C25H30FN5O3. The Kier molecular flexibility index (Phi) is 7.19. The zero-order chi connectivity index (χ0) is 24.2. The standard InChI is InChI=1S/C25H30FN5O3/c1-14-10-17(4-9-20(14)26)13-27-25(33)23-11-21(28-15(2)29-23)22-12-24(34-31-22)18-5-7-19(8-6-18)30-16(3)32/h4,9-11,18-19,24H,5-8,12-13H2,1-3H3,(H,27,33)(H,30,32). The van der Waals surface area contributed by atoms with Crippen molar-refractivity contribution < 1.29 is 18.8 Å². The second kappa shape index (κ2) is 10.3. The van der Waals surface area contributed by atoms with E-state index in [4.69, 9.17) is 4.84 Å². The molecule has 1 aliphatic heterocycles. The molecule has 1 fully saturated rings. The van der Waals surface area contributed by atoms with Crippen LogP contribution in [0, 0.1) is 25.6 Å². The summed E-state index contributed by atoms with van der Waals surface area (Å²) in [5.74, 6) is 0.252. The van der Waals surface area contributed by atoms with Crippen molar-refractivity contribution in [2.45, 2.75) is 71.6 Å². The lowest BCUT2D eigenvalue weighted by Crippen LogP contribution is -2.38. The first-order valence-electron chi connectivity index (χ1n) is 11.7. The van der Waals surface area contributed by atoms with Crippen molar-refractivity contribution in [2.24, 2.45) is 11.1 Å². The van der Waals surface area contributed by atoms with Gasteiger partial charge in [-0.2, -0.15) is 0 Å². The van der Waals surface area contributed by atoms with E-state index in [2.05, 4.69) is 25.8 Å². The van der Waals surface area contributed by atoms with Crippen molar-refractivity contribution in [3.63, 3.8) is 0 Å². The van der Waals surface area contributed by atoms with Crippen LogP contribution in [0.3, 0.4) is 0 Å². The molecule has 1 atom stereocenters. The molecule has 0 spiro atoms. The highest BCUT2D eigenvalue weighted by molar-refractivity contribution is 6.01. The fourth-order valence-electron chi connectivity index (χ4n) is 4.64. The van der Waals surface area contributed by atoms with Crippen molar-refractivity contribution in [2.75, 3.05) is 0 Å². The molecule has 2 N–H and O–H groups in total. The number of aromatic nitrogens is 2. The molecule has 2 aliphatic rings. The molecule has 2 amide bonds. The molecule has 8 nitrogen and oxygen atoms in total. The van der Waals surface area contributed by atoms with E-state index < -0.39 is 0 Å². The number of hydrogen-bond acceptors (Lipinski definition) is 6. The molecule has 0 radical (unpaired) electrons. The number of carbonyl (C=O) groups is 2. The molecule has 1 unspecified atom stereocenters. The average Bonchev–Trinajstić information content (AvgIpc) is 3.30. The van der Waals surface area contributed by atoms with Gasteiger partial charge in [0.05, 0.1) is 5.69 Å². The van der Waals surface area contributed by atoms with Gasteiger partial charge < -0.3 is 15.5 Å². The largest absolute Gasteiger partial charge is 0.391 e. The third-order valence-corrected chi connectivity index (χ3v) is 6.44. The number of nitrogens with zero attached hydrogens (tertiary/aromatic N) is 3. The number of carbonyl (C=O) groups excluding carboxylic acids is 2. The summed E-state index contributed by atoms with van der Waals surface area (Å²) in [5.41, 5.74) is 2.89. The minimum absolute atomic E-state index is 0.0120. The molecule has 4 rings (SSSR count). The molecule has 1 aromatic carbocycles. The maximum absolute atomic E-state index is 13.5. The molecule has 1 aromatic heterocycles. The summed E-state index contributed by atoms with van der Waals surface area (Å²) < 4.78 is 13.5. The minimum atomic E-state index is -0.332. The lowest BCUT2D eigenvalue weighted by Gasteiger charge is -2.31. The number of rotatable bonds is 6. The quantitative estimate of drug-likeness (QED) is 0.678. The maximum Gasteiger partial charge on any atom is 0.270 e. The van der Waals surface area contributed by atoms with Crippen LogP contribution in [0.1, 0.15) is 72.2 Å². The van der Waals surface area contributed by atoms with E-state index in [1.54, 1.807) is 39.0 Å². The highest BCUT2D eigenvalue weighted by Gasteiger charge is 2.34. The third-order valence-electron chi connectivity index (χ3n) is 6.44. The van der Waals surface area contributed by atoms with Crippen molar-refractivity contribution in [1.29, 1.82) is 0 Å². The average molecular weight is 468 g/mol. The summed E-state index contributed by atoms with van der Waals surface area (Å²) in [6, 6.07) is 6.62. The molecular weight excluding hydrogens is 437 g/mol. The predicted octanol–water partition coefficient (Wildman–Crippen LogP) is 3.35. The van der Waals surface area contributed by atoms with Crippen molar-refractivity contribution in [3.8, 4) is 0 Å². The monoisotopic (exact) mass is 467 g/mol. The van der Waals surface area contributed by atoms with Crippen LogP contribution < -0.4 is 10.6 Å². The van der Waals surface area contributed by atoms with E-state index in [-0.39, 0.29) is 42.0 Å². The van der Waals surface area contributed by atoms with Crippen LogP contribution in [0.2, 0.25) is 0 Å². The second-order valence-corrected chi connectivity index (χ2v) is 9.15. The lowest BCUT2D eigenvalue weighted by molar-refractivity contribution is -0.120. The van der Waals surface area contributed by atoms with Crippen LogP contribution in [0.15, 0.2) is 29.4 Å². The second-order valence-electron chi connectivity index (χ2n) is 9.15. The van der Waals surface area contributed by atoms with Gasteiger partial charge in [0.25, 0.3) is 5.91 Å². The SMILES string of the molecule is CC(=O)NC1CCC(C2CC(c3cc(C(=O)NCc4ccc(F)c(C)c4)nc(C)n3)=NO2)CC1. The molecule has 9 heteroatoms. The van der Waals surface area contributed by atoms with E-state index in [9.17, 15) is 14.0 Å². The topological polar surface area (TPSA) is 106 Å². The van der Waals surface area contributed by atoms with E-state index >= 15 is 0 Å². The zero-order valence-electron chi connectivity index (χ0n) is 19.7. The Morgan fingerprint density at radius 2 is 1.88 bits per heavy atom. The first-order valence-corrected chi connectivity index (χ1v) is 11.7. The summed E-state index contributed by atoms with van der Waals surface area (Å²) in [4.78, 5) is 38.5. The fourth-order valence-corrected chi connectivity index (χ4v) is 4.64. The summed E-state index contributed by atoms with van der Waals surface area (Å²) >= 11 is 0. The van der Waals surface area contributed by atoms with Gasteiger partial charge in [0.15, 0.2) is 0 Å². The molecule has 2 heterocycles. The highest BCUT2D eigenvalue weighted by Crippen LogP contribution is 2.33. The Balaban J connectivity index is 1.36. The van der Waals surface area contributed by atoms with E-state index in [1.807, 2.05) is 0 Å². The molecule has 180 valence electrons. The summed E-state index contributed by atoms with van der Waals surface area (Å²) in [5, 5.41) is 10.1. The Labute approximate surface area is 198 Å². The summed E-state index contributed by atoms with van der Waals surface area (Å²) in [6.45, 7) is 5.24. The number of aryl methyl sites for hydroxylation is 2. The van der Waals surface area contributed by atoms with Gasteiger partial charge in [-0.15, -0.1) is 0 Å². The maximum atomic E-state index is 13.5. The van der Waals surface area contributed by atoms with Crippen LogP contribution in [0.4, 0.5) is 4.39 Å². The number of halogens is 1. The Morgan fingerprint density at radius 3 is 2.59 bits per heavy atom.